The standard InChI is InChI=1S/C15H12N4O4/c1-8-7-9(20)4-5-10(8)17-18-14-12(15(22)23)16-13-11(21)3-2-6-19(13)14/h2-7,20-21H,1H3,(H,22,23). The molecule has 0 amide bonds. The third-order valence-electron chi connectivity index (χ3n) is 3.24. The summed E-state index contributed by atoms with van der Waals surface area (Å²) < 4.78 is 1.35. The van der Waals surface area contributed by atoms with Gasteiger partial charge in [-0.05, 0) is 42.8 Å². The van der Waals surface area contributed by atoms with E-state index in [0.717, 1.165) is 0 Å². The van der Waals surface area contributed by atoms with Gasteiger partial charge in [0.15, 0.2) is 22.9 Å². The molecule has 0 spiro atoms. The molecule has 0 aliphatic heterocycles. The number of phenolic OH excluding ortho intramolecular Hbond substituents is 1. The van der Waals surface area contributed by atoms with Crippen molar-refractivity contribution in [3.8, 4) is 11.5 Å². The molecule has 0 aliphatic carbocycles. The number of azo groups is 1. The lowest BCUT2D eigenvalue weighted by Gasteiger charge is -2.00. The van der Waals surface area contributed by atoms with Crippen molar-refractivity contribution in [1.82, 2.24) is 9.38 Å². The van der Waals surface area contributed by atoms with Crippen LogP contribution in [0.3, 0.4) is 0 Å². The van der Waals surface area contributed by atoms with Gasteiger partial charge in [0.05, 0.1) is 5.69 Å². The van der Waals surface area contributed by atoms with Crippen LogP contribution in [0.1, 0.15) is 16.1 Å². The Morgan fingerprint density at radius 1 is 1.22 bits per heavy atom. The van der Waals surface area contributed by atoms with Crippen LogP contribution in [-0.4, -0.2) is 30.7 Å². The van der Waals surface area contributed by atoms with Crippen LogP contribution < -0.4 is 0 Å². The van der Waals surface area contributed by atoms with Crippen LogP contribution in [0.5, 0.6) is 11.5 Å². The Labute approximate surface area is 130 Å². The zero-order valence-corrected chi connectivity index (χ0v) is 12.0. The van der Waals surface area contributed by atoms with Crippen molar-refractivity contribution in [1.29, 1.82) is 0 Å². The van der Waals surface area contributed by atoms with Gasteiger partial charge in [0.2, 0.25) is 0 Å². The van der Waals surface area contributed by atoms with Crippen LogP contribution in [0.2, 0.25) is 0 Å². The molecular formula is C15H12N4O4. The second-order valence-corrected chi connectivity index (χ2v) is 4.85. The number of hydrogen-bond acceptors (Lipinski definition) is 6. The highest BCUT2D eigenvalue weighted by Gasteiger charge is 2.20. The highest BCUT2D eigenvalue weighted by molar-refractivity contribution is 5.92. The molecule has 0 fully saturated rings. The SMILES string of the molecule is Cc1cc(O)ccc1N=Nc1c(C(=O)O)nc2c(O)cccn12. The number of phenols is 1. The molecule has 0 unspecified atom stereocenters. The second-order valence-electron chi connectivity index (χ2n) is 4.85. The van der Waals surface area contributed by atoms with Gasteiger partial charge < -0.3 is 15.3 Å². The third kappa shape index (κ3) is 2.57. The fraction of sp³-hybridized carbons (Fsp3) is 0.0667. The van der Waals surface area contributed by atoms with E-state index in [1.54, 1.807) is 19.1 Å². The Morgan fingerprint density at radius 2 is 2.00 bits per heavy atom. The fourth-order valence-electron chi connectivity index (χ4n) is 2.13. The van der Waals surface area contributed by atoms with Gasteiger partial charge in [-0.25, -0.2) is 9.78 Å². The molecule has 3 aromatic rings. The molecule has 116 valence electrons. The molecule has 0 saturated heterocycles. The predicted octanol–water partition coefficient (Wildman–Crippen LogP) is 3.17. The summed E-state index contributed by atoms with van der Waals surface area (Å²) in [5.41, 5.74) is 0.935. The van der Waals surface area contributed by atoms with Crippen molar-refractivity contribution in [3.05, 3.63) is 47.8 Å². The number of pyridine rings is 1. The second kappa shape index (κ2) is 5.41. The largest absolute Gasteiger partial charge is 0.508 e. The van der Waals surface area contributed by atoms with Crippen LogP contribution in [0, 0.1) is 6.92 Å². The van der Waals surface area contributed by atoms with E-state index in [-0.39, 0.29) is 28.7 Å². The maximum absolute atomic E-state index is 11.3. The van der Waals surface area contributed by atoms with Crippen LogP contribution in [-0.2, 0) is 0 Å². The minimum absolute atomic E-state index is 0.00382. The Balaban J connectivity index is 2.15. The maximum atomic E-state index is 11.3. The number of aromatic nitrogens is 2. The van der Waals surface area contributed by atoms with Gasteiger partial charge in [-0.1, -0.05) is 0 Å². The number of nitrogens with zero attached hydrogens (tertiary/aromatic N) is 4. The van der Waals surface area contributed by atoms with E-state index in [1.807, 2.05) is 0 Å². The molecule has 1 aromatic carbocycles. The average Bonchev–Trinajstić information content (AvgIpc) is 2.87. The number of carboxylic acids is 1. The first-order chi connectivity index (χ1) is 11.0. The number of aromatic hydroxyl groups is 2. The summed E-state index contributed by atoms with van der Waals surface area (Å²) in [6.07, 6.45) is 1.53. The van der Waals surface area contributed by atoms with Crippen LogP contribution >= 0.6 is 0 Å². The van der Waals surface area contributed by atoms with Crippen molar-refractivity contribution < 1.29 is 20.1 Å². The first-order valence-corrected chi connectivity index (χ1v) is 6.62. The Hall–Kier alpha value is -3.42. The Morgan fingerprint density at radius 3 is 2.70 bits per heavy atom. The fourth-order valence-corrected chi connectivity index (χ4v) is 2.13. The molecule has 2 heterocycles. The molecule has 0 atom stereocenters. The number of rotatable bonds is 3. The van der Waals surface area contributed by atoms with Crippen molar-refractivity contribution in [3.63, 3.8) is 0 Å². The number of aromatic carboxylic acids is 1. The van der Waals surface area contributed by atoms with Crippen molar-refractivity contribution in [2.75, 3.05) is 0 Å². The lowest BCUT2D eigenvalue weighted by molar-refractivity contribution is 0.0692. The van der Waals surface area contributed by atoms with Gasteiger partial charge >= 0.3 is 5.97 Å². The molecule has 0 bridgehead atoms. The zero-order valence-electron chi connectivity index (χ0n) is 12.0. The lowest BCUT2D eigenvalue weighted by atomic mass is 10.2. The minimum atomic E-state index is -1.27. The highest BCUT2D eigenvalue weighted by Crippen LogP contribution is 2.29. The summed E-state index contributed by atoms with van der Waals surface area (Å²) in [6, 6.07) is 7.49. The van der Waals surface area contributed by atoms with Gasteiger partial charge in [0.1, 0.15) is 5.75 Å². The van der Waals surface area contributed by atoms with Gasteiger partial charge in [-0.3, -0.25) is 4.40 Å². The van der Waals surface area contributed by atoms with Crippen molar-refractivity contribution >= 4 is 23.1 Å². The topological polar surface area (TPSA) is 120 Å². The Kier molecular flexibility index (Phi) is 3.41. The highest BCUT2D eigenvalue weighted by atomic mass is 16.4. The number of carboxylic acid groups (broad SMARTS) is 1. The number of carbonyl (C=O) groups is 1. The average molecular weight is 312 g/mol. The molecule has 0 saturated carbocycles. The third-order valence-corrected chi connectivity index (χ3v) is 3.24. The van der Waals surface area contributed by atoms with Gasteiger partial charge in [-0.15, -0.1) is 10.2 Å². The van der Waals surface area contributed by atoms with Gasteiger partial charge in [0.25, 0.3) is 0 Å². The van der Waals surface area contributed by atoms with Gasteiger partial charge in [-0.2, -0.15) is 0 Å². The summed E-state index contributed by atoms with van der Waals surface area (Å²) in [4.78, 5) is 15.2. The Bertz CT molecular complexity index is 946. The summed E-state index contributed by atoms with van der Waals surface area (Å²) in [5, 5.41) is 36.4. The quantitative estimate of drug-likeness (QED) is 0.641. The van der Waals surface area contributed by atoms with Crippen LogP contribution in [0.4, 0.5) is 11.5 Å². The number of benzene rings is 1. The predicted molar refractivity (Wildman–Crippen MR) is 80.8 cm³/mol. The molecule has 8 nitrogen and oxygen atoms in total. The number of imidazole rings is 1. The number of aryl methyl sites for hydroxylation is 1. The lowest BCUT2D eigenvalue weighted by Crippen LogP contribution is -1.96. The molecule has 0 radical (unpaired) electrons. The summed E-state index contributed by atoms with van der Waals surface area (Å²) >= 11 is 0. The molecular weight excluding hydrogens is 300 g/mol. The molecule has 0 aliphatic rings. The molecule has 3 N–H and O–H groups in total. The van der Waals surface area contributed by atoms with Gasteiger partial charge in [0, 0.05) is 6.20 Å². The summed E-state index contributed by atoms with van der Waals surface area (Å²) in [7, 11) is 0. The normalized spacial score (nSPS) is 11.3. The zero-order chi connectivity index (χ0) is 16.6. The van der Waals surface area contributed by atoms with E-state index >= 15 is 0 Å². The van der Waals surface area contributed by atoms with E-state index in [0.29, 0.717) is 11.3 Å². The van der Waals surface area contributed by atoms with Crippen LogP contribution in [0.15, 0.2) is 46.8 Å². The van der Waals surface area contributed by atoms with Crippen LogP contribution in [0.25, 0.3) is 5.65 Å². The van der Waals surface area contributed by atoms with E-state index in [9.17, 15) is 20.1 Å². The summed E-state index contributed by atoms with van der Waals surface area (Å²) in [5.74, 6) is -1.33. The maximum Gasteiger partial charge on any atom is 0.358 e. The molecule has 2 aromatic heterocycles. The monoisotopic (exact) mass is 312 g/mol. The van der Waals surface area contributed by atoms with E-state index < -0.39 is 5.97 Å². The smallest absolute Gasteiger partial charge is 0.358 e. The number of fused-ring (bicyclic) bond motifs is 1. The minimum Gasteiger partial charge on any atom is -0.508 e. The summed E-state index contributed by atoms with van der Waals surface area (Å²) in [6.45, 7) is 1.74. The molecule has 3 rings (SSSR count). The van der Waals surface area contributed by atoms with Crippen molar-refractivity contribution in [2.24, 2.45) is 10.2 Å². The molecule has 23 heavy (non-hydrogen) atoms. The first kappa shape index (κ1) is 14.5. The molecule has 8 heteroatoms. The van der Waals surface area contributed by atoms with E-state index in [4.69, 9.17) is 0 Å². The van der Waals surface area contributed by atoms with E-state index in [2.05, 4.69) is 15.2 Å². The van der Waals surface area contributed by atoms with Crippen molar-refractivity contribution in [2.45, 2.75) is 6.92 Å². The van der Waals surface area contributed by atoms with E-state index in [1.165, 1.54) is 28.8 Å². The first-order valence-electron chi connectivity index (χ1n) is 6.62. The number of hydrogen-bond donors (Lipinski definition) is 3.